The summed E-state index contributed by atoms with van der Waals surface area (Å²) in [5.74, 6) is 0. The first-order valence-corrected chi connectivity index (χ1v) is 8.10. The SMILES string of the molecule is Cc1ccc(Sc2ccc(S(N)(=O)=O)cc2)cc1C. The second kappa shape index (κ2) is 5.36. The Hall–Kier alpha value is -1.30. The first-order chi connectivity index (χ1) is 8.86. The summed E-state index contributed by atoms with van der Waals surface area (Å²) in [4.78, 5) is 2.25. The predicted molar refractivity (Wildman–Crippen MR) is 77.9 cm³/mol. The fourth-order valence-electron chi connectivity index (χ4n) is 1.61. The highest BCUT2D eigenvalue weighted by Crippen LogP contribution is 2.29. The van der Waals surface area contributed by atoms with Gasteiger partial charge in [0.15, 0.2) is 0 Å². The number of hydrogen-bond donors (Lipinski definition) is 1. The van der Waals surface area contributed by atoms with E-state index >= 15 is 0 Å². The molecule has 2 N–H and O–H groups in total. The van der Waals surface area contributed by atoms with Gasteiger partial charge in [-0.05, 0) is 61.4 Å². The molecule has 0 saturated heterocycles. The maximum absolute atomic E-state index is 11.2. The molecule has 0 bridgehead atoms. The lowest BCUT2D eigenvalue weighted by Gasteiger charge is -2.05. The molecule has 0 saturated carbocycles. The molecule has 19 heavy (non-hydrogen) atoms. The highest BCUT2D eigenvalue weighted by Gasteiger charge is 2.07. The van der Waals surface area contributed by atoms with Gasteiger partial charge in [0.2, 0.25) is 10.0 Å². The third-order valence-corrected chi connectivity index (χ3v) is 4.79. The fraction of sp³-hybridized carbons (Fsp3) is 0.143. The summed E-state index contributed by atoms with van der Waals surface area (Å²) in [6, 6.07) is 12.8. The van der Waals surface area contributed by atoms with E-state index in [1.54, 1.807) is 23.9 Å². The third-order valence-electron chi connectivity index (χ3n) is 2.87. The highest BCUT2D eigenvalue weighted by molar-refractivity contribution is 7.99. The first-order valence-electron chi connectivity index (χ1n) is 5.74. The molecule has 0 unspecified atom stereocenters. The maximum Gasteiger partial charge on any atom is 0.238 e. The summed E-state index contributed by atoms with van der Waals surface area (Å²) in [6.45, 7) is 4.15. The zero-order chi connectivity index (χ0) is 14.0. The van der Waals surface area contributed by atoms with Gasteiger partial charge < -0.3 is 0 Å². The molecule has 0 aromatic heterocycles. The van der Waals surface area contributed by atoms with Crippen LogP contribution in [0.25, 0.3) is 0 Å². The van der Waals surface area contributed by atoms with Crippen molar-refractivity contribution in [2.24, 2.45) is 5.14 Å². The number of rotatable bonds is 3. The van der Waals surface area contributed by atoms with Crippen molar-refractivity contribution in [1.29, 1.82) is 0 Å². The molecule has 0 amide bonds. The lowest BCUT2D eigenvalue weighted by Crippen LogP contribution is -2.11. The van der Waals surface area contributed by atoms with Crippen LogP contribution in [0.2, 0.25) is 0 Å². The van der Waals surface area contributed by atoms with E-state index in [2.05, 4.69) is 32.0 Å². The van der Waals surface area contributed by atoms with E-state index < -0.39 is 10.0 Å². The number of hydrogen-bond acceptors (Lipinski definition) is 3. The number of sulfonamides is 1. The summed E-state index contributed by atoms with van der Waals surface area (Å²) < 4.78 is 22.3. The van der Waals surface area contributed by atoms with Gasteiger partial charge in [-0.15, -0.1) is 0 Å². The van der Waals surface area contributed by atoms with E-state index in [0.29, 0.717) is 0 Å². The van der Waals surface area contributed by atoms with Crippen molar-refractivity contribution in [2.75, 3.05) is 0 Å². The van der Waals surface area contributed by atoms with Crippen molar-refractivity contribution < 1.29 is 8.42 Å². The molecule has 0 spiro atoms. The van der Waals surface area contributed by atoms with Crippen LogP contribution in [0.3, 0.4) is 0 Å². The number of aryl methyl sites for hydroxylation is 2. The molecule has 3 nitrogen and oxygen atoms in total. The Kier molecular flexibility index (Phi) is 3.99. The molecule has 0 aliphatic rings. The van der Waals surface area contributed by atoms with E-state index in [-0.39, 0.29) is 4.90 Å². The molecule has 5 heteroatoms. The van der Waals surface area contributed by atoms with Crippen LogP contribution < -0.4 is 5.14 Å². The standard InChI is InChI=1S/C14H15NO2S2/c1-10-3-4-13(9-11(10)2)18-12-5-7-14(8-6-12)19(15,16)17/h3-9H,1-2H3,(H2,15,16,17). The van der Waals surface area contributed by atoms with Gasteiger partial charge in [-0.25, -0.2) is 13.6 Å². The van der Waals surface area contributed by atoms with Crippen molar-refractivity contribution in [3.63, 3.8) is 0 Å². The van der Waals surface area contributed by atoms with Gasteiger partial charge in [-0.2, -0.15) is 0 Å². The van der Waals surface area contributed by atoms with Gasteiger partial charge in [-0.3, -0.25) is 0 Å². The van der Waals surface area contributed by atoms with Crippen LogP contribution in [0.5, 0.6) is 0 Å². The van der Waals surface area contributed by atoms with Crippen LogP contribution >= 0.6 is 11.8 Å². The second-order valence-electron chi connectivity index (χ2n) is 4.36. The zero-order valence-electron chi connectivity index (χ0n) is 10.8. The second-order valence-corrected chi connectivity index (χ2v) is 7.07. The van der Waals surface area contributed by atoms with Crippen molar-refractivity contribution >= 4 is 21.8 Å². The van der Waals surface area contributed by atoms with Gasteiger partial charge in [0, 0.05) is 9.79 Å². The van der Waals surface area contributed by atoms with Gasteiger partial charge >= 0.3 is 0 Å². The fourth-order valence-corrected chi connectivity index (χ4v) is 3.04. The lowest BCUT2D eigenvalue weighted by atomic mass is 10.1. The van der Waals surface area contributed by atoms with Crippen molar-refractivity contribution in [2.45, 2.75) is 28.5 Å². The molecular weight excluding hydrogens is 278 g/mol. The van der Waals surface area contributed by atoms with Gasteiger partial charge in [0.1, 0.15) is 0 Å². The summed E-state index contributed by atoms with van der Waals surface area (Å²) in [5, 5.41) is 5.06. The van der Waals surface area contributed by atoms with E-state index in [9.17, 15) is 8.42 Å². The van der Waals surface area contributed by atoms with Crippen molar-refractivity contribution in [3.8, 4) is 0 Å². The molecule has 0 fully saturated rings. The van der Waals surface area contributed by atoms with E-state index in [0.717, 1.165) is 9.79 Å². The molecule has 0 aliphatic heterocycles. The Labute approximate surface area is 117 Å². The molecule has 0 heterocycles. The summed E-state index contributed by atoms with van der Waals surface area (Å²) in [7, 11) is -3.61. The lowest BCUT2D eigenvalue weighted by molar-refractivity contribution is 0.597. The molecule has 0 aliphatic carbocycles. The van der Waals surface area contributed by atoms with E-state index in [1.807, 2.05) is 0 Å². The largest absolute Gasteiger partial charge is 0.238 e. The molecule has 0 atom stereocenters. The van der Waals surface area contributed by atoms with Crippen LogP contribution in [0, 0.1) is 13.8 Å². The molecule has 2 aromatic carbocycles. The average molecular weight is 293 g/mol. The first kappa shape index (κ1) is 14.1. The zero-order valence-corrected chi connectivity index (χ0v) is 12.4. The summed E-state index contributed by atoms with van der Waals surface area (Å²) >= 11 is 1.59. The topological polar surface area (TPSA) is 60.2 Å². The quantitative estimate of drug-likeness (QED) is 0.946. The summed E-state index contributed by atoms with van der Waals surface area (Å²) in [6.07, 6.45) is 0. The van der Waals surface area contributed by atoms with Crippen LogP contribution in [-0.2, 0) is 10.0 Å². The third kappa shape index (κ3) is 3.59. The van der Waals surface area contributed by atoms with E-state index in [1.165, 1.54) is 23.3 Å². The Morgan fingerprint density at radius 3 is 2.00 bits per heavy atom. The van der Waals surface area contributed by atoms with Crippen LogP contribution in [0.15, 0.2) is 57.2 Å². The van der Waals surface area contributed by atoms with Crippen molar-refractivity contribution in [1.82, 2.24) is 0 Å². The smallest absolute Gasteiger partial charge is 0.225 e. The molecule has 0 radical (unpaired) electrons. The Balaban J connectivity index is 2.22. The van der Waals surface area contributed by atoms with Gasteiger partial charge in [-0.1, -0.05) is 17.8 Å². The van der Waals surface area contributed by atoms with Crippen LogP contribution in [0.4, 0.5) is 0 Å². The van der Waals surface area contributed by atoms with Crippen molar-refractivity contribution in [3.05, 3.63) is 53.6 Å². The van der Waals surface area contributed by atoms with Gasteiger partial charge in [0.05, 0.1) is 4.90 Å². The Morgan fingerprint density at radius 2 is 1.47 bits per heavy atom. The molecule has 2 rings (SSSR count). The average Bonchev–Trinajstić information content (AvgIpc) is 2.33. The summed E-state index contributed by atoms with van der Waals surface area (Å²) in [5.41, 5.74) is 2.50. The molecule has 2 aromatic rings. The molecular formula is C14H15NO2S2. The number of primary sulfonamides is 1. The van der Waals surface area contributed by atoms with E-state index in [4.69, 9.17) is 5.14 Å². The number of benzene rings is 2. The highest BCUT2D eigenvalue weighted by atomic mass is 32.2. The minimum absolute atomic E-state index is 0.136. The predicted octanol–water partition coefficient (Wildman–Crippen LogP) is 3.10. The monoisotopic (exact) mass is 293 g/mol. The normalized spacial score (nSPS) is 11.5. The minimum Gasteiger partial charge on any atom is -0.225 e. The Bertz CT molecular complexity index is 692. The van der Waals surface area contributed by atoms with Crippen LogP contribution in [0.1, 0.15) is 11.1 Å². The van der Waals surface area contributed by atoms with Crippen LogP contribution in [-0.4, -0.2) is 8.42 Å². The number of nitrogens with two attached hydrogens (primary N) is 1. The maximum atomic E-state index is 11.2. The van der Waals surface area contributed by atoms with Gasteiger partial charge in [0.25, 0.3) is 0 Å². The minimum atomic E-state index is -3.61. The molecule has 100 valence electrons. The Morgan fingerprint density at radius 1 is 0.895 bits per heavy atom.